The SMILES string of the molecule is CCC(CC)CN(CC)c1ccc(C#N)c([N+](=O)[O-])c1. The van der Waals surface area contributed by atoms with Crippen LogP contribution in [0.2, 0.25) is 0 Å². The molecule has 0 bridgehead atoms. The molecule has 0 spiro atoms. The summed E-state index contributed by atoms with van der Waals surface area (Å²) in [5.74, 6) is 0.574. The van der Waals surface area contributed by atoms with Crippen molar-refractivity contribution in [2.45, 2.75) is 33.6 Å². The minimum absolute atomic E-state index is 0.109. The zero-order valence-electron chi connectivity index (χ0n) is 12.3. The number of nitrogens with zero attached hydrogens (tertiary/aromatic N) is 3. The first kappa shape index (κ1) is 16.0. The number of nitriles is 1. The molecule has 0 aliphatic carbocycles. The molecule has 0 N–H and O–H groups in total. The molecule has 108 valence electrons. The molecule has 1 aromatic rings. The Morgan fingerprint density at radius 1 is 1.35 bits per heavy atom. The number of hydrogen-bond donors (Lipinski definition) is 0. The van der Waals surface area contributed by atoms with Crippen LogP contribution in [0.5, 0.6) is 0 Å². The Hall–Kier alpha value is -2.09. The third kappa shape index (κ3) is 3.70. The van der Waals surface area contributed by atoms with Crippen LogP contribution < -0.4 is 4.90 Å². The van der Waals surface area contributed by atoms with Crippen molar-refractivity contribution in [1.29, 1.82) is 5.26 Å². The van der Waals surface area contributed by atoms with Gasteiger partial charge in [-0.25, -0.2) is 0 Å². The maximum Gasteiger partial charge on any atom is 0.289 e. The van der Waals surface area contributed by atoms with E-state index in [1.807, 2.05) is 13.0 Å². The first-order valence-electron chi connectivity index (χ1n) is 7.00. The van der Waals surface area contributed by atoms with E-state index < -0.39 is 4.92 Å². The molecule has 0 aliphatic rings. The van der Waals surface area contributed by atoms with E-state index in [2.05, 4.69) is 18.7 Å². The lowest BCUT2D eigenvalue weighted by Crippen LogP contribution is -2.29. The van der Waals surface area contributed by atoms with Crippen LogP contribution >= 0.6 is 0 Å². The van der Waals surface area contributed by atoms with Crippen molar-refractivity contribution < 1.29 is 4.92 Å². The predicted octanol–water partition coefficient (Wildman–Crippen LogP) is 3.73. The average molecular weight is 275 g/mol. The van der Waals surface area contributed by atoms with E-state index in [0.29, 0.717) is 5.92 Å². The zero-order chi connectivity index (χ0) is 15.1. The monoisotopic (exact) mass is 275 g/mol. The molecule has 0 unspecified atom stereocenters. The largest absolute Gasteiger partial charge is 0.371 e. The fraction of sp³-hybridized carbons (Fsp3) is 0.533. The number of anilines is 1. The maximum absolute atomic E-state index is 11.0. The van der Waals surface area contributed by atoms with E-state index in [0.717, 1.165) is 31.6 Å². The summed E-state index contributed by atoms with van der Waals surface area (Å²) < 4.78 is 0. The number of nitro benzene ring substituents is 1. The Morgan fingerprint density at radius 3 is 2.45 bits per heavy atom. The smallest absolute Gasteiger partial charge is 0.289 e. The molecule has 0 amide bonds. The molecule has 0 fully saturated rings. The second-order valence-corrected chi connectivity index (χ2v) is 4.79. The highest BCUT2D eigenvalue weighted by Gasteiger charge is 2.17. The van der Waals surface area contributed by atoms with Crippen LogP contribution in [-0.2, 0) is 0 Å². The van der Waals surface area contributed by atoms with Crippen LogP contribution in [0.1, 0.15) is 39.2 Å². The quantitative estimate of drug-likeness (QED) is 0.561. The number of nitro groups is 1. The summed E-state index contributed by atoms with van der Waals surface area (Å²) in [4.78, 5) is 12.7. The summed E-state index contributed by atoms with van der Waals surface area (Å²) >= 11 is 0. The topological polar surface area (TPSA) is 70.2 Å². The van der Waals surface area contributed by atoms with Gasteiger partial charge in [-0.3, -0.25) is 10.1 Å². The minimum atomic E-state index is -0.493. The second kappa shape index (κ2) is 7.49. The lowest BCUT2D eigenvalue weighted by molar-refractivity contribution is -0.385. The molecule has 0 heterocycles. The van der Waals surface area contributed by atoms with E-state index in [1.165, 1.54) is 12.1 Å². The number of benzene rings is 1. The summed E-state index contributed by atoms with van der Waals surface area (Å²) in [5, 5.41) is 19.9. The molecule has 0 saturated heterocycles. The molecule has 5 nitrogen and oxygen atoms in total. The van der Waals surface area contributed by atoms with Crippen LogP contribution in [0.3, 0.4) is 0 Å². The highest BCUT2D eigenvalue weighted by Crippen LogP contribution is 2.26. The van der Waals surface area contributed by atoms with Crippen LogP contribution in [-0.4, -0.2) is 18.0 Å². The first-order valence-corrected chi connectivity index (χ1v) is 7.00. The molecule has 0 aromatic heterocycles. The van der Waals surface area contributed by atoms with Gasteiger partial charge in [0.1, 0.15) is 11.6 Å². The Kier molecular flexibility index (Phi) is 5.98. The average Bonchev–Trinajstić information content (AvgIpc) is 2.48. The maximum atomic E-state index is 11.0. The highest BCUT2D eigenvalue weighted by atomic mass is 16.6. The molecule has 20 heavy (non-hydrogen) atoms. The van der Waals surface area contributed by atoms with Gasteiger partial charge in [-0.15, -0.1) is 0 Å². The van der Waals surface area contributed by atoms with Gasteiger partial charge in [0.05, 0.1) is 4.92 Å². The third-order valence-electron chi connectivity index (χ3n) is 3.68. The molecule has 1 rings (SSSR count). The van der Waals surface area contributed by atoms with Gasteiger partial charge in [0.25, 0.3) is 5.69 Å². The van der Waals surface area contributed by atoms with E-state index in [-0.39, 0.29) is 11.3 Å². The van der Waals surface area contributed by atoms with Gasteiger partial charge in [0.2, 0.25) is 0 Å². The van der Waals surface area contributed by atoms with E-state index in [4.69, 9.17) is 5.26 Å². The molecular formula is C15H21N3O2. The van der Waals surface area contributed by atoms with Crippen molar-refractivity contribution in [3.63, 3.8) is 0 Å². The molecule has 0 aliphatic heterocycles. The van der Waals surface area contributed by atoms with Gasteiger partial charge in [-0.2, -0.15) is 5.26 Å². The van der Waals surface area contributed by atoms with E-state index >= 15 is 0 Å². The summed E-state index contributed by atoms with van der Waals surface area (Å²) in [6, 6.07) is 6.69. The molecule has 5 heteroatoms. The molecule has 0 radical (unpaired) electrons. The summed E-state index contributed by atoms with van der Waals surface area (Å²) in [6.45, 7) is 8.02. The third-order valence-corrected chi connectivity index (χ3v) is 3.68. The molecule has 1 aromatic carbocycles. The molecule has 0 atom stereocenters. The second-order valence-electron chi connectivity index (χ2n) is 4.79. The highest BCUT2D eigenvalue weighted by molar-refractivity contribution is 5.60. The number of hydrogen-bond acceptors (Lipinski definition) is 4. The zero-order valence-corrected chi connectivity index (χ0v) is 12.3. The molecule has 0 saturated carbocycles. The fourth-order valence-corrected chi connectivity index (χ4v) is 2.24. The standard InChI is InChI=1S/C15H21N3O2/c1-4-12(5-2)11-17(6-3)14-8-7-13(10-16)15(9-14)18(19)20/h7-9,12H,4-6,11H2,1-3H3. The van der Waals surface area contributed by atoms with Crippen LogP contribution in [0.4, 0.5) is 11.4 Å². The number of rotatable bonds is 7. The Morgan fingerprint density at radius 2 is 2.00 bits per heavy atom. The van der Waals surface area contributed by atoms with Crippen molar-refractivity contribution in [2.24, 2.45) is 5.92 Å². The van der Waals surface area contributed by atoms with Crippen LogP contribution in [0, 0.1) is 27.4 Å². The van der Waals surface area contributed by atoms with Gasteiger partial charge in [-0.05, 0) is 25.0 Å². The van der Waals surface area contributed by atoms with Gasteiger partial charge in [-0.1, -0.05) is 26.7 Å². The van der Waals surface area contributed by atoms with Crippen molar-refractivity contribution in [2.75, 3.05) is 18.0 Å². The minimum Gasteiger partial charge on any atom is -0.371 e. The van der Waals surface area contributed by atoms with Gasteiger partial charge in [0.15, 0.2) is 0 Å². The van der Waals surface area contributed by atoms with E-state index in [1.54, 1.807) is 6.07 Å². The van der Waals surface area contributed by atoms with Gasteiger partial charge in [0, 0.05) is 24.8 Å². The van der Waals surface area contributed by atoms with Crippen molar-refractivity contribution in [3.05, 3.63) is 33.9 Å². The van der Waals surface area contributed by atoms with Gasteiger partial charge < -0.3 is 4.90 Å². The molecular weight excluding hydrogens is 254 g/mol. The lowest BCUT2D eigenvalue weighted by Gasteiger charge is -2.27. The summed E-state index contributed by atoms with van der Waals surface area (Å²) in [7, 11) is 0. The van der Waals surface area contributed by atoms with Crippen molar-refractivity contribution in [3.8, 4) is 6.07 Å². The van der Waals surface area contributed by atoms with Crippen molar-refractivity contribution in [1.82, 2.24) is 0 Å². The Labute approximate surface area is 120 Å². The van der Waals surface area contributed by atoms with Crippen molar-refractivity contribution >= 4 is 11.4 Å². The van der Waals surface area contributed by atoms with Crippen LogP contribution in [0.25, 0.3) is 0 Å². The summed E-state index contributed by atoms with van der Waals surface area (Å²) in [5.41, 5.74) is 0.801. The Balaban J connectivity index is 3.07. The first-order chi connectivity index (χ1) is 9.57. The lowest BCUT2D eigenvalue weighted by atomic mass is 10.0. The predicted molar refractivity (Wildman–Crippen MR) is 79.8 cm³/mol. The van der Waals surface area contributed by atoms with E-state index in [9.17, 15) is 10.1 Å². The summed E-state index contributed by atoms with van der Waals surface area (Å²) in [6.07, 6.45) is 2.18. The van der Waals surface area contributed by atoms with Gasteiger partial charge >= 0.3 is 0 Å². The normalized spacial score (nSPS) is 10.3. The Bertz CT molecular complexity index is 504. The fourth-order valence-electron chi connectivity index (χ4n) is 2.24. The van der Waals surface area contributed by atoms with Crippen LogP contribution in [0.15, 0.2) is 18.2 Å².